The number of nitro groups is 1. The molecule has 0 radical (unpaired) electrons. The van der Waals surface area contributed by atoms with Crippen LogP contribution in [0.1, 0.15) is 39.0 Å². The molecule has 3 rings (SSSR count). The van der Waals surface area contributed by atoms with Gasteiger partial charge < -0.3 is 15.4 Å². The highest BCUT2D eigenvalue weighted by Gasteiger charge is 2.52. The summed E-state index contributed by atoms with van der Waals surface area (Å²) in [6.07, 6.45) is 4.82. The predicted octanol–water partition coefficient (Wildman–Crippen LogP) is 2.43. The van der Waals surface area contributed by atoms with E-state index in [9.17, 15) is 24.5 Å². The van der Waals surface area contributed by atoms with Gasteiger partial charge in [0.2, 0.25) is 5.91 Å². The molecule has 156 valence electrons. The van der Waals surface area contributed by atoms with Gasteiger partial charge >= 0.3 is 6.03 Å². The van der Waals surface area contributed by atoms with Gasteiger partial charge in [-0.25, -0.2) is 4.79 Å². The Labute approximate surface area is 167 Å². The van der Waals surface area contributed by atoms with Crippen LogP contribution in [-0.2, 0) is 9.59 Å². The average molecular weight is 404 g/mol. The highest BCUT2D eigenvalue weighted by Crippen LogP contribution is 2.36. The Bertz CT molecular complexity index is 851. The Morgan fingerprint density at radius 2 is 2.03 bits per heavy atom. The van der Waals surface area contributed by atoms with Crippen LogP contribution in [-0.4, -0.2) is 46.9 Å². The molecule has 1 aromatic carbocycles. The van der Waals surface area contributed by atoms with Gasteiger partial charge in [-0.15, -0.1) is 0 Å². The standard InChI is InChI=1S/C19H24N4O6/c1-19(12-6-4-3-5-7-12)17(25)22(18(26)21-19)11-16(24)20-14-9-8-13(29-2)10-15(14)23(27)28/h8-10,12H,3-7,11H2,1-2H3,(H,20,24)(H,21,26)/t19-/m1/s1. The molecule has 1 saturated carbocycles. The minimum absolute atomic E-state index is 0.0310. The number of methoxy groups -OCH3 is 1. The van der Waals surface area contributed by atoms with Crippen LogP contribution < -0.4 is 15.4 Å². The quantitative estimate of drug-likeness (QED) is 0.425. The van der Waals surface area contributed by atoms with Gasteiger partial charge in [0.15, 0.2) is 0 Å². The Morgan fingerprint density at radius 1 is 1.34 bits per heavy atom. The molecule has 1 aliphatic heterocycles. The molecule has 2 N–H and O–H groups in total. The summed E-state index contributed by atoms with van der Waals surface area (Å²) in [7, 11) is 1.37. The van der Waals surface area contributed by atoms with Gasteiger partial charge in [-0.05, 0) is 37.8 Å². The summed E-state index contributed by atoms with van der Waals surface area (Å²) in [6.45, 7) is 1.19. The van der Waals surface area contributed by atoms with E-state index in [0.717, 1.165) is 37.0 Å². The first kappa shape index (κ1) is 20.6. The number of amides is 4. The first-order valence-electron chi connectivity index (χ1n) is 9.52. The zero-order chi connectivity index (χ0) is 21.2. The minimum atomic E-state index is -1.02. The number of nitro benzene ring substituents is 1. The van der Waals surface area contributed by atoms with Crippen LogP contribution in [0.5, 0.6) is 5.75 Å². The molecule has 1 aliphatic carbocycles. The zero-order valence-corrected chi connectivity index (χ0v) is 16.4. The first-order valence-corrected chi connectivity index (χ1v) is 9.52. The number of nitrogens with one attached hydrogen (secondary N) is 2. The number of nitrogens with zero attached hydrogens (tertiary/aromatic N) is 2. The maximum Gasteiger partial charge on any atom is 0.325 e. The Hall–Kier alpha value is -3.17. The number of imide groups is 1. The second-order valence-corrected chi connectivity index (χ2v) is 7.55. The van der Waals surface area contributed by atoms with E-state index in [4.69, 9.17) is 4.74 Å². The highest BCUT2D eigenvalue weighted by atomic mass is 16.6. The van der Waals surface area contributed by atoms with Crippen molar-refractivity contribution in [2.24, 2.45) is 5.92 Å². The van der Waals surface area contributed by atoms with Crippen LogP contribution in [0.2, 0.25) is 0 Å². The molecule has 1 heterocycles. The van der Waals surface area contributed by atoms with Crippen molar-refractivity contribution in [3.63, 3.8) is 0 Å². The Morgan fingerprint density at radius 3 is 2.66 bits per heavy atom. The Kier molecular flexibility index (Phi) is 5.71. The number of urea groups is 1. The molecule has 0 bridgehead atoms. The first-order chi connectivity index (χ1) is 13.8. The lowest BCUT2D eigenvalue weighted by Gasteiger charge is -2.34. The largest absolute Gasteiger partial charge is 0.496 e. The van der Waals surface area contributed by atoms with Gasteiger partial charge in [0.25, 0.3) is 11.6 Å². The maximum absolute atomic E-state index is 12.9. The SMILES string of the molecule is COc1ccc(NC(=O)CN2C(=O)N[C@](C)(C3CCCCC3)C2=O)c([N+](=O)[O-])c1. The van der Waals surface area contributed by atoms with E-state index >= 15 is 0 Å². The van der Waals surface area contributed by atoms with Crippen molar-refractivity contribution >= 4 is 29.2 Å². The van der Waals surface area contributed by atoms with Crippen molar-refractivity contribution in [1.82, 2.24) is 10.2 Å². The third-order valence-electron chi connectivity index (χ3n) is 5.70. The van der Waals surface area contributed by atoms with Gasteiger partial charge in [0.1, 0.15) is 23.5 Å². The molecule has 0 spiro atoms. The van der Waals surface area contributed by atoms with Gasteiger partial charge in [-0.2, -0.15) is 0 Å². The molecule has 0 aromatic heterocycles. The van der Waals surface area contributed by atoms with Crippen LogP contribution in [0, 0.1) is 16.0 Å². The van der Waals surface area contributed by atoms with Crippen molar-refractivity contribution in [3.05, 3.63) is 28.3 Å². The van der Waals surface area contributed by atoms with E-state index < -0.39 is 34.9 Å². The number of carbonyl (C=O) groups excluding carboxylic acids is 3. The number of hydrogen-bond donors (Lipinski definition) is 2. The normalized spacial score (nSPS) is 22.3. The minimum Gasteiger partial charge on any atom is -0.496 e. The zero-order valence-electron chi connectivity index (χ0n) is 16.4. The number of hydrogen-bond acceptors (Lipinski definition) is 6. The van der Waals surface area contributed by atoms with Crippen molar-refractivity contribution in [1.29, 1.82) is 0 Å². The van der Waals surface area contributed by atoms with Crippen LogP contribution in [0.15, 0.2) is 18.2 Å². The summed E-state index contributed by atoms with van der Waals surface area (Å²) < 4.78 is 4.96. The number of benzene rings is 1. The van der Waals surface area contributed by atoms with E-state index in [1.165, 1.54) is 25.3 Å². The third-order valence-corrected chi connectivity index (χ3v) is 5.70. The second kappa shape index (κ2) is 8.06. The summed E-state index contributed by atoms with van der Waals surface area (Å²) >= 11 is 0. The summed E-state index contributed by atoms with van der Waals surface area (Å²) in [5.74, 6) is -0.834. The van der Waals surface area contributed by atoms with Gasteiger partial charge in [0, 0.05) is 0 Å². The third kappa shape index (κ3) is 4.01. The van der Waals surface area contributed by atoms with E-state index in [-0.39, 0.29) is 23.0 Å². The second-order valence-electron chi connectivity index (χ2n) is 7.55. The lowest BCUT2D eigenvalue weighted by Crippen LogP contribution is -2.51. The molecule has 2 fully saturated rings. The fraction of sp³-hybridized carbons (Fsp3) is 0.526. The van der Waals surface area contributed by atoms with Crippen molar-refractivity contribution in [2.75, 3.05) is 19.0 Å². The number of anilines is 1. The lowest BCUT2D eigenvalue weighted by atomic mass is 9.75. The molecule has 2 aliphatic rings. The lowest BCUT2D eigenvalue weighted by molar-refractivity contribution is -0.384. The smallest absolute Gasteiger partial charge is 0.325 e. The number of carbonyl (C=O) groups is 3. The topological polar surface area (TPSA) is 131 Å². The maximum atomic E-state index is 12.9. The van der Waals surface area contributed by atoms with Crippen molar-refractivity contribution < 1.29 is 24.0 Å². The summed E-state index contributed by atoms with van der Waals surface area (Å²) in [6, 6.07) is 3.37. The summed E-state index contributed by atoms with van der Waals surface area (Å²) in [4.78, 5) is 49.2. The van der Waals surface area contributed by atoms with Crippen molar-refractivity contribution in [2.45, 2.75) is 44.6 Å². The summed E-state index contributed by atoms with van der Waals surface area (Å²) in [5, 5.41) is 16.4. The molecular weight excluding hydrogens is 380 g/mol. The Balaban J connectivity index is 1.72. The molecule has 1 aromatic rings. The number of ether oxygens (including phenoxy) is 1. The van der Waals surface area contributed by atoms with Crippen LogP contribution >= 0.6 is 0 Å². The summed E-state index contributed by atoms with van der Waals surface area (Å²) in [5.41, 5.74) is -1.41. The van der Waals surface area contributed by atoms with Gasteiger partial charge in [0.05, 0.1) is 18.1 Å². The fourth-order valence-electron chi connectivity index (χ4n) is 4.04. The fourth-order valence-corrected chi connectivity index (χ4v) is 4.04. The molecule has 1 atom stereocenters. The molecule has 4 amide bonds. The van der Waals surface area contributed by atoms with Gasteiger partial charge in [-0.3, -0.25) is 24.6 Å². The predicted molar refractivity (Wildman–Crippen MR) is 104 cm³/mol. The molecule has 0 unspecified atom stereocenters. The van der Waals surface area contributed by atoms with Crippen LogP contribution in [0.4, 0.5) is 16.2 Å². The average Bonchev–Trinajstić information content (AvgIpc) is 2.92. The van der Waals surface area contributed by atoms with E-state index in [2.05, 4.69) is 10.6 Å². The molecule has 10 nitrogen and oxygen atoms in total. The molecular formula is C19H24N4O6. The molecule has 29 heavy (non-hydrogen) atoms. The molecule has 10 heteroatoms. The monoisotopic (exact) mass is 404 g/mol. The van der Waals surface area contributed by atoms with E-state index in [0.29, 0.717) is 0 Å². The van der Waals surface area contributed by atoms with Gasteiger partial charge in [-0.1, -0.05) is 19.3 Å². The van der Waals surface area contributed by atoms with E-state index in [1.54, 1.807) is 6.92 Å². The van der Waals surface area contributed by atoms with E-state index in [1.807, 2.05) is 0 Å². The van der Waals surface area contributed by atoms with Crippen LogP contribution in [0.3, 0.4) is 0 Å². The highest BCUT2D eigenvalue weighted by molar-refractivity contribution is 6.10. The van der Waals surface area contributed by atoms with Crippen molar-refractivity contribution in [3.8, 4) is 5.75 Å². The number of rotatable bonds is 6. The molecule has 1 saturated heterocycles. The van der Waals surface area contributed by atoms with Crippen LogP contribution in [0.25, 0.3) is 0 Å².